The van der Waals surface area contributed by atoms with Crippen molar-refractivity contribution in [3.63, 3.8) is 0 Å². The average Bonchev–Trinajstić information content (AvgIpc) is 2.48. The van der Waals surface area contributed by atoms with E-state index in [-0.39, 0.29) is 5.92 Å². The van der Waals surface area contributed by atoms with E-state index in [0.717, 1.165) is 45.4 Å². The van der Waals surface area contributed by atoms with Crippen LogP contribution in [0.15, 0.2) is 0 Å². The van der Waals surface area contributed by atoms with Gasteiger partial charge in [0.2, 0.25) is 5.91 Å². The molecule has 1 N–H and O–H groups in total. The highest BCUT2D eigenvalue weighted by Gasteiger charge is 2.25. The number of nitrogens with one attached hydrogen (secondary N) is 1. The molecule has 1 rings (SSSR count). The molecule has 3 heteroatoms. The molecule has 0 radical (unpaired) electrons. The van der Waals surface area contributed by atoms with E-state index in [1.54, 1.807) is 0 Å². The van der Waals surface area contributed by atoms with Crippen LogP contribution in [0.3, 0.4) is 0 Å². The van der Waals surface area contributed by atoms with Crippen molar-refractivity contribution < 1.29 is 4.79 Å². The van der Waals surface area contributed by atoms with Gasteiger partial charge >= 0.3 is 0 Å². The van der Waals surface area contributed by atoms with Crippen LogP contribution >= 0.6 is 0 Å². The van der Waals surface area contributed by atoms with Gasteiger partial charge in [0.1, 0.15) is 0 Å². The molecule has 0 aliphatic carbocycles. The molecule has 1 atom stereocenters. The van der Waals surface area contributed by atoms with Gasteiger partial charge in [-0.05, 0) is 51.1 Å². The molecule has 0 aromatic heterocycles. The van der Waals surface area contributed by atoms with Crippen molar-refractivity contribution >= 4 is 5.91 Å². The van der Waals surface area contributed by atoms with Gasteiger partial charge in [-0.15, -0.1) is 0 Å². The molecule has 1 unspecified atom stereocenters. The molecule has 1 amide bonds. The summed E-state index contributed by atoms with van der Waals surface area (Å²) in [6.07, 6.45) is 7.94. The predicted molar refractivity (Wildman–Crippen MR) is 85.8 cm³/mol. The fourth-order valence-electron chi connectivity index (χ4n) is 3.15. The molecule has 0 spiro atoms. The average molecular weight is 282 g/mol. The number of carbonyl (C=O) groups is 1. The number of amides is 1. The number of rotatable bonds is 9. The first-order valence-electron chi connectivity index (χ1n) is 8.72. The second-order valence-electron chi connectivity index (χ2n) is 6.23. The zero-order chi connectivity index (χ0) is 14.8. The molecule has 20 heavy (non-hydrogen) atoms. The molecule has 1 fully saturated rings. The normalized spacial score (nSPS) is 17.9. The third-order valence-corrected chi connectivity index (χ3v) is 4.49. The quantitative estimate of drug-likeness (QED) is 0.702. The Morgan fingerprint density at radius 2 is 1.90 bits per heavy atom. The monoisotopic (exact) mass is 282 g/mol. The van der Waals surface area contributed by atoms with Crippen molar-refractivity contribution in [2.45, 2.75) is 65.7 Å². The number of carbonyl (C=O) groups excluding carboxylic acids is 1. The van der Waals surface area contributed by atoms with E-state index in [4.69, 9.17) is 0 Å². The Kier molecular flexibility index (Phi) is 8.92. The van der Waals surface area contributed by atoms with Gasteiger partial charge < -0.3 is 10.2 Å². The van der Waals surface area contributed by atoms with E-state index in [9.17, 15) is 4.79 Å². The fraction of sp³-hybridized carbons (Fsp3) is 0.941. The van der Waals surface area contributed by atoms with E-state index in [1.807, 2.05) is 0 Å². The van der Waals surface area contributed by atoms with Gasteiger partial charge in [-0.1, -0.05) is 33.6 Å². The number of hydrogen-bond acceptors (Lipinski definition) is 2. The number of nitrogens with zero attached hydrogens (tertiary/aromatic N) is 1. The van der Waals surface area contributed by atoms with Gasteiger partial charge in [0, 0.05) is 19.0 Å². The molecule has 0 aromatic rings. The molecule has 0 saturated carbocycles. The van der Waals surface area contributed by atoms with Crippen LogP contribution in [0.4, 0.5) is 0 Å². The first-order chi connectivity index (χ1) is 9.72. The minimum Gasteiger partial charge on any atom is -0.342 e. The zero-order valence-corrected chi connectivity index (χ0v) is 13.8. The Balaban J connectivity index is 2.54. The van der Waals surface area contributed by atoms with Crippen LogP contribution in [-0.4, -0.2) is 37.0 Å². The summed E-state index contributed by atoms with van der Waals surface area (Å²) in [6.45, 7) is 10.7. The number of unbranched alkanes of at least 4 members (excludes halogenated alkanes) is 1. The van der Waals surface area contributed by atoms with Crippen LogP contribution in [0.5, 0.6) is 0 Å². The largest absolute Gasteiger partial charge is 0.342 e. The zero-order valence-electron chi connectivity index (χ0n) is 13.8. The lowest BCUT2D eigenvalue weighted by Crippen LogP contribution is -2.42. The Morgan fingerprint density at radius 1 is 1.20 bits per heavy atom. The van der Waals surface area contributed by atoms with Crippen LogP contribution in [0.25, 0.3) is 0 Å². The summed E-state index contributed by atoms with van der Waals surface area (Å²) >= 11 is 0. The highest BCUT2D eigenvalue weighted by atomic mass is 16.2. The molecule has 1 heterocycles. The molecule has 118 valence electrons. The Morgan fingerprint density at radius 3 is 2.45 bits per heavy atom. The highest BCUT2D eigenvalue weighted by molar-refractivity contribution is 5.78. The van der Waals surface area contributed by atoms with Crippen LogP contribution in [-0.2, 0) is 4.79 Å². The summed E-state index contributed by atoms with van der Waals surface area (Å²) in [5, 5.41) is 3.41. The van der Waals surface area contributed by atoms with Gasteiger partial charge in [0.15, 0.2) is 0 Å². The lowest BCUT2D eigenvalue weighted by atomic mass is 9.94. The summed E-state index contributed by atoms with van der Waals surface area (Å²) in [5.41, 5.74) is 0. The molecule has 0 bridgehead atoms. The number of hydrogen-bond donors (Lipinski definition) is 1. The molecular formula is C17H34N2O. The maximum atomic E-state index is 12.8. The van der Waals surface area contributed by atoms with Gasteiger partial charge in [0.25, 0.3) is 0 Å². The fourth-order valence-corrected chi connectivity index (χ4v) is 3.15. The van der Waals surface area contributed by atoms with Crippen molar-refractivity contribution in [2.24, 2.45) is 11.8 Å². The molecule has 0 aromatic carbocycles. The SMILES string of the molecule is CCCCC(CC)C(=O)N(CCC)CC1CCNCC1. The lowest BCUT2D eigenvalue weighted by Gasteiger charge is -2.32. The predicted octanol–water partition coefficient (Wildman–Crippen LogP) is 3.44. The summed E-state index contributed by atoms with van der Waals surface area (Å²) in [5.74, 6) is 1.37. The van der Waals surface area contributed by atoms with Gasteiger partial charge in [-0.2, -0.15) is 0 Å². The lowest BCUT2D eigenvalue weighted by molar-refractivity contribution is -0.136. The molecule has 1 aliphatic rings. The number of piperidine rings is 1. The topological polar surface area (TPSA) is 32.3 Å². The van der Waals surface area contributed by atoms with Crippen molar-refractivity contribution in [3.8, 4) is 0 Å². The minimum absolute atomic E-state index is 0.253. The summed E-state index contributed by atoms with van der Waals surface area (Å²) in [7, 11) is 0. The maximum Gasteiger partial charge on any atom is 0.225 e. The summed E-state index contributed by atoms with van der Waals surface area (Å²) in [4.78, 5) is 14.9. The smallest absolute Gasteiger partial charge is 0.225 e. The first kappa shape index (κ1) is 17.5. The molecule has 1 saturated heterocycles. The molecule has 3 nitrogen and oxygen atoms in total. The van der Waals surface area contributed by atoms with Crippen LogP contribution < -0.4 is 5.32 Å². The minimum atomic E-state index is 0.253. The van der Waals surface area contributed by atoms with Crippen LogP contribution in [0, 0.1) is 11.8 Å². The van der Waals surface area contributed by atoms with E-state index in [1.165, 1.54) is 25.7 Å². The van der Waals surface area contributed by atoms with Gasteiger partial charge in [-0.25, -0.2) is 0 Å². The van der Waals surface area contributed by atoms with Gasteiger partial charge in [-0.3, -0.25) is 4.79 Å². The summed E-state index contributed by atoms with van der Waals surface area (Å²) in [6, 6.07) is 0. The summed E-state index contributed by atoms with van der Waals surface area (Å²) < 4.78 is 0. The van der Waals surface area contributed by atoms with Crippen molar-refractivity contribution in [1.29, 1.82) is 0 Å². The van der Waals surface area contributed by atoms with E-state index < -0.39 is 0 Å². The van der Waals surface area contributed by atoms with Crippen LogP contribution in [0.1, 0.15) is 65.7 Å². The third kappa shape index (κ3) is 5.82. The Bertz CT molecular complexity index is 262. The van der Waals surface area contributed by atoms with E-state index in [0.29, 0.717) is 11.8 Å². The Labute approximate surface area is 125 Å². The van der Waals surface area contributed by atoms with Gasteiger partial charge in [0.05, 0.1) is 0 Å². The van der Waals surface area contributed by atoms with E-state index in [2.05, 4.69) is 31.0 Å². The van der Waals surface area contributed by atoms with E-state index >= 15 is 0 Å². The second kappa shape index (κ2) is 10.2. The third-order valence-electron chi connectivity index (χ3n) is 4.49. The standard InChI is InChI=1S/C17H34N2O/c1-4-7-8-16(6-3)17(20)19(13-5-2)14-15-9-11-18-12-10-15/h15-16,18H,4-14H2,1-3H3. The van der Waals surface area contributed by atoms with Crippen LogP contribution in [0.2, 0.25) is 0 Å². The maximum absolute atomic E-state index is 12.8. The Hall–Kier alpha value is -0.570. The first-order valence-corrected chi connectivity index (χ1v) is 8.72. The van der Waals surface area contributed by atoms with Crippen molar-refractivity contribution in [3.05, 3.63) is 0 Å². The van der Waals surface area contributed by atoms with Crippen molar-refractivity contribution in [1.82, 2.24) is 10.2 Å². The second-order valence-corrected chi connectivity index (χ2v) is 6.23. The molecular weight excluding hydrogens is 248 g/mol. The highest BCUT2D eigenvalue weighted by Crippen LogP contribution is 2.19. The van der Waals surface area contributed by atoms with Crippen molar-refractivity contribution in [2.75, 3.05) is 26.2 Å². The molecule has 1 aliphatic heterocycles.